The number of thiophene rings is 1. The number of hydrogen-bond acceptors (Lipinski definition) is 3. The lowest BCUT2D eigenvalue weighted by Gasteiger charge is -2.12. The summed E-state index contributed by atoms with van der Waals surface area (Å²) in [7, 11) is 0. The summed E-state index contributed by atoms with van der Waals surface area (Å²) in [6.45, 7) is 1.86. The normalized spacial score (nSPS) is 12.1. The van der Waals surface area contributed by atoms with Crippen molar-refractivity contribution in [2.24, 2.45) is 0 Å². The largest absolute Gasteiger partial charge is 0.417 e. The Bertz CT molecular complexity index is 932. The third-order valence-electron chi connectivity index (χ3n) is 3.15. The van der Waals surface area contributed by atoms with Crippen molar-refractivity contribution in [3.05, 3.63) is 49.0 Å². The van der Waals surface area contributed by atoms with E-state index in [0.717, 1.165) is 26.4 Å². The molecule has 0 unspecified atom stereocenters. The molecule has 120 valence electrons. The Morgan fingerprint density at radius 1 is 1.35 bits per heavy atom. The maximum atomic E-state index is 13.2. The van der Waals surface area contributed by atoms with E-state index in [1.54, 1.807) is 6.07 Å². The fourth-order valence-electron chi connectivity index (χ4n) is 2.20. The third-order valence-corrected chi connectivity index (χ3v) is 5.55. The van der Waals surface area contributed by atoms with Crippen LogP contribution < -0.4 is 0 Å². The molecule has 0 aliphatic heterocycles. The van der Waals surface area contributed by atoms with E-state index >= 15 is 0 Å². The van der Waals surface area contributed by atoms with Crippen LogP contribution in [0.4, 0.5) is 13.2 Å². The lowest BCUT2D eigenvalue weighted by atomic mass is 10.1. The molecule has 0 N–H and O–H groups in total. The summed E-state index contributed by atoms with van der Waals surface area (Å²) < 4.78 is 41.9. The van der Waals surface area contributed by atoms with Crippen LogP contribution in [0.2, 0.25) is 5.02 Å². The SMILES string of the molecule is Cc1cc2c(s1)c(I)nn2C(=O)c1ccc(Cl)cc1C(F)(F)F. The smallest absolute Gasteiger partial charge is 0.267 e. The number of aryl methyl sites for hydroxylation is 1. The molecule has 0 saturated heterocycles. The molecule has 0 fully saturated rings. The van der Waals surface area contributed by atoms with E-state index in [0.29, 0.717) is 9.22 Å². The number of aromatic nitrogens is 2. The highest BCUT2D eigenvalue weighted by atomic mass is 127. The van der Waals surface area contributed by atoms with Crippen molar-refractivity contribution in [3.8, 4) is 0 Å². The summed E-state index contributed by atoms with van der Waals surface area (Å²) in [5, 5.41) is 3.99. The van der Waals surface area contributed by atoms with Crippen LogP contribution >= 0.6 is 45.5 Å². The minimum Gasteiger partial charge on any atom is -0.267 e. The zero-order valence-electron chi connectivity index (χ0n) is 11.4. The van der Waals surface area contributed by atoms with Crippen LogP contribution in [0.3, 0.4) is 0 Å². The van der Waals surface area contributed by atoms with Gasteiger partial charge in [-0.1, -0.05) is 11.6 Å². The summed E-state index contributed by atoms with van der Waals surface area (Å²) in [4.78, 5) is 13.6. The molecule has 3 nitrogen and oxygen atoms in total. The van der Waals surface area contributed by atoms with E-state index in [-0.39, 0.29) is 5.02 Å². The van der Waals surface area contributed by atoms with Crippen molar-refractivity contribution in [1.29, 1.82) is 0 Å². The second-order valence-electron chi connectivity index (χ2n) is 4.77. The van der Waals surface area contributed by atoms with Gasteiger partial charge in [0.2, 0.25) is 0 Å². The third kappa shape index (κ3) is 2.99. The van der Waals surface area contributed by atoms with Crippen molar-refractivity contribution in [3.63, 3.8) is 0 Å². The van der Waals surface area contributed by atoms with Gasteiger partial charge in [0.25, 0.3) is 5.91 Å². The molecular weight excluding hydrogens is 464 g/mol. The quantitative estimate of drug-likeness (QED) is 0.448. The van der Waals surface area contributed by atoms with E-state index in [4.69, 9.17) is 11.6 Å². The first-order valence-corrected chi connectivity index (χ1v) is 8.52. The molecular formula is C14H7ClF3IN2OS. The fraction of sp³-hybridized carbons (Fsp3) is 0.143. The predicted octanol–water partition coefficient (Wildman–Crippen LogP) is 5.37. The summed E-state index contributed by atoms with van der Waals surface area (Å²) >= 11 is 9.04. The van der Waals surface area contributed by atoms with Gasteiger partial charge < -0.3 is 0 Å². The molecule has 0 bridgehead atoms. The maximum Gasteiger partial charge on any atom is 0.417 e. The molecule has 1 aromatic carbocycles. The van der Waals surface area contributed by atoms with Gasteiger partial charge in [-0.3, -0.25) is 4.79 Å². The van der Waals surface area contributed by atoms with Gasteiger partial charge >= 0.3 is 6.18 Å². The molecule has 0 amide bonds. The summed E-state index contributed by atoms with van der Waals surface area (Å²) in [6.07, 6.45) is -4.68. The van der Waals surface area contributed by atoms with Gasteiger partial charge in [-0.15, -0.1) is 11.3 Å². The van der Waals surface area contributed by atoms with Crippen molar-refractivity contribution in [2.75, 3.05) is 0 Å². The van der Waals surface area contributed by atoms with Gasteiger partial charge in [0.05, 0.1) is 21.3 Å². The van der Waals surface area contributed by atoms with Crippen LogP contribution in [0.5, 0.6) is 0 Å². The lowest BCUT2D eigenvalue weighted by molar-refractivity contribution is -0.137. The first-order valence-electron chi connectivity index (χ1n) is 6.24. The number of fused-ring (bicyclic) bond motifs is 1. The van der Waals surface area contributed by atoms with E-state index in [1.165, 1.54) is 17.4 Å². The number of rotatable bonds is 1. The number of alkyl halides is 3. The van der Waals surface area contributed by atoms with Crippen molar-refractivity contribution < 1.29 is 18.0 Å². The average Bonchev–Trinajstić information content (AvgIpc) is 2.96. The maximum absolute atomic E-state index is 13.2. The van der Waals surface area contributed by atoms with Crippen molar-refractivity contribution in [2.45, 2.75) is 13.1 Å². The zero-order valence-corrected chi connectivity index (χ0v) is 15.1. The van der Waals surface area contributed by atoms with Gasteiger partial charge in [-0.05, 0) is 53.8 Å². The number of carbonyl (C=O) groups is 1. The Balaban J connectivity index is 2.20. The number of nitrogens with zero attached hydrogens (tertiary/aromatic N) is 2. The van der Waals surface area contributed by atoms with Crippen LogP contribution in [0.25, 0.3) is 10.2 Å². The van der Waals surface area contributed by atoms with Crippen molar-refractivity contribution >= 4 is 61.7 Å². The Labute approximate surface area is 151 Å². The van der Waals surface area contributed by atoms with E-state index in [9.17, 15) is 18.0 Å². The molecule has 3 aromatic rings. The van der Waals surface area contributed by atoms with Crippen LogP contribution in [-0.4, -0.2) is 15.7 Å². The fourth-order valence-corrected chi connectivity index (χ4v) is 4.06. The summed E-state index contributed by atoms with van der Waals surface area (Å²) in [6, 6.07) is 4.82. The van der Waals surface area contributed by atoms with E-state index < -0.39 is 23.2 Å². The molecule has 0 aliphatic rings. The Hall–Kier alpha value is -1.13. The number of benzene rings is 1. The Morgan fingerprint density at radius 3 is 2.70 bits per heavy atom. The van der Waals surface area contributed by atoms with Crippen molar-refractivity contribution in [1.82, 2.24) is 9.78 Å². The molecule has 2 heterocycles. The first-order chi connectivity index (χ1) is 10.7. The standard InChI is InChI=1S/C14H7ClF3IN2OS/c1-6-4-10-11(23-6)12(19)20-21(10)13(22)8-3-2-7(15)5-9(8)14(16,17)18/h2-5H,1H3. The molecule has 0 saturated carbocycles. The molecule has 3 rings (SSSR count). The van der Waals surface area contributed by atoms with Gasteiger partial charge in [0, 0.05) is 9.90 Å². The zero-order chi connectivity index (χ0) is 16.9. The van der Waals surface area contributed by atoms with Crippen LogP contribution in [0.15, 0.2) is 24.3 Å². The van der Waals surface area contributed by atoms with Crippen LogP contribution in [-0.2, 0) is 6.18 Å². The monoisotopic (exact) mass is 470 g/mol. The lowest BCUT2D eigenvalue weighted by Crippen LogP contribution is -2.19. The predicted molar refractivity (Wildman–Crippen MR) is 91.2 cm³/mol. The molecule has 0 aliphatic carbocycles. The van der Waals surface area contributed by atoms with Gasteiger partial charge in [0.1, 0.15) is 3.70 Å². The van der Waals surface area contributed by atoms with E-state index in [1.807, 2.05) is 29.5 Å². The van der Waals surface area contributed by atoms with Gasteiger partial charge in [-0.25, -0.2) is 0 Å². The molecule has 9 heteroatoms. The highest BCUT2D eigenvalue weighted by Gasteiger charge is 2.36. The highest BCUT2D eigenvalue weighted by molar-refractivity contribution is 14.1. The Kier molecular flexibility index (Phi) is 4.18. The van der Waals surface area contributed by atoms with Crippen LogP contribution in [0, 0.1) is 10.6 Å². The highest BCUT2D eigenvalue weighted by Crippen LogP contribution is 2.35. The van der Waals surface area contributed by atoms with Gasteiger partial charge in [-0.2, -0.15) is 23.0 Å². The summed E-state index contributed by atoms with van der Waals surface area (Å²) in [5.41, 5.74) is -1.04. The first kappa shape index (κ1) is 16.7. The van der Waals surface area contributed by atoms with E-state index in [2.05, 4.69) is 5.10 Å². The molecule has 23 heavy (non-hydrogen) atoms. The second-order valence-corrected chi connectivity index (χ2v) is 7.48. The average molecular weight is 471 g/mol. The minimum absolute atomic E-state index is 0.0829. The topological polar surface area (TPSA) is 34.9 Å². The Morgan fingerprint density at radius 2 is 2.04 bits per heavy atom. The molecule has 0 radical (unpaired) electrons. The second kappa shape index (κ2) is 5.75. The van der Waals surface area contributed by atoms with Crippen LogP contribution in [0.1, 0.15) is 20.8 Å². The molecule has 0 spiro atoms. The minimum atomic E-state index is -4.68. The molecule has 2 aromatic heterocycles. The van der Waals surface area contributed by atoms with Gasteiger partial charge in [0.15, 0.2) is 0 Å². The summed E-state index contributed by atoms with van der Waals surface area (Å²) in [5.74, 6) is -0.834. The number of halogens is 5. The number of hydrogen-bond donors (Lipinski definition) is 0. The molecule has 0 atom stereocenters. The number of carbonyl (C=O) groups excluding carboxylic acids is 1.